The highest BCUT2D eigenvalue weighted by atomic mass is 19.3. The molecule has 1 N–H and O–H groups in total. The van der Waals surface area contributed by atoms with Gasteiger partial charge in [-0.1, -0.05) is 25.1 Å². The monoisotopic (exact) mass is 292 g/mol. The Morgan fingerprint density at radius 1 is 1.14 bits per heavy atom. The predicted molar refractivity (Wildman–Crippen MR) is 77.2 cm³/mol. The van der Waals surface area contributed by atoms with Crippen molar-refractivity contribution in [1.29, 1.82) is 0 Å². The fourth-order valence-corrected chi connectivity index (χ4v) is 2.07. The first-order chi connectivity index (χ1) is 10.2. The molecule has 0 radical (unpaired) electrons. The second kappa shape index (κ2) is 7.69. The summed E-state index contributed by atoms with van der Waals surface area (Å²) in [6.07, 6.45) is 2.73. The Hall–Kier alpha value is -2.01. The zero-order valence-electron chi connectivity index (χ0n) is 11.9. The summed E-state index contributed by atoms with van der Waals surface area (Å²) < 4.78 is 28.4. The van der Waals surface area contributed by atoms with Crippen LogP contribution < -0.4 is 10.1 Å². The van der Waals surface area contributed by atoms with Crippen LogP contribution in [0.15, 0.2) is 42.6 Å². The van der Waals surface area contributed by atoms with Gasteiger partial charge in [-0.05, 0) is 35.7 Å². The average Bonchev–Trinajstić information content (AvgIpc) is 2.49. The molecule has 0 amide bonds. The molecule has 2 aromatic rings. The highest BCUT2D eigenvalue weighted by Crippen LogP contribution is 2.15. The van der Waals surface area contributed by atoms with Gasteiger partial charge in [0.2, 0.25) is 0 Å². The van der Waals surface area contributed by atoms with E-state index in [0.717, 1.165) is 17.7 Å². The molecule has 0 aliphatic rings. The Labute approximate surface area is 123 Å². The molecule has 0 spiro atoms. The van der Waals surface area contributed by atoms with Crippen LogP contribution in [-0.4, -0.2) is 11.6 Å². The third-order valence-electron chi connectivity index (χ3n) is 3.14. The zero-order chi connectivity index (χ0) is 15.1. The molecule has 0 fully saturated rings. The molecule has 5 heteroatoms. The van der Waals surface area contributed by atoms with Crippen LogP contribution in [0.1, 0.15) is 23.7 Å². The number of aryl methyl sites for hydroxylation is 1. The summed E-state index contributed by atoms with van der Waals surface area (Å²) >= 11 is 0. The van der Waals surface area contributed by atoms with E-state index >= 15 is 0 Å². The van der Waals surface area contributed by atoms with E-state index in [4.69, 9.17) is 0 Å². The Balaban J connectivity index is 1.86. The number of hydrogen-bond donors (Lipinski definition) is 1. The van der Waals surface area contributed by atoms with Crippen LogP contribution in [0.25, 0.3) is 0 Å². The van der Waals surface area contributed by atoms with E-state index in [9.17, 15) is 8.78 Å². The third-order valence-corrected chi connectivity index (χ3v) is 3.14. The number of aromatic nitrogens is 1. The first-order valence-electron chi connectivity index (χ1n) is 6.86. The van der Waals surface area contributed by atoms with Gasteiger partial charge < -0.3 is 10.1 Å². The molecule has 0 bridgehead atoms. The van der Waals surface area contributed by atoms with Crippen LogP contribution in [0, 0.1) is 0 Å². The van der Waals surface area contributed by atoms with E-state index in [1.54, 1.807) is 30.5 Å². The van der Waals surface area contributed by atoms with Crippen molar-refractivity contribution in [3.05, 3.63) is 59.4 Å². The Bertz CT molecular complexity index is 558. The minimum absolute atomic E-state index is 0.173. The molecule has 112 valence electrons. The molecular formula is C16H18F2N2O. The van der Waals surface area contributed by atoms with Crippen molar-refractivity contribution in [1.82, 2.24) is 10.3 Å². The molecule has 0 saturated heterocycles. The van der Waals surface area contributed by atoms with Crippen LogP contribution in [0.3, 0.4) is 0 Å². The van der Waals surface area contributed by atoms with E-state index in [1.807, 2.05) is 6.07 Å². The van der Waals surface area contributed by atoms with Crippen molar-refractivity contribution in [2.45, 2.75) is 33.0 Å². The van der Waals surface area contributed by atoms with Gasteiger partial charge in [-0.2, -0.15) is 8.78 Å². The Morgan fingerprint density at radius 3 is 2.57 bits per heavy atom. The Morgan fingerprint density at radius 2 is 1.90 bits per heavy atom. The largest absolute Gasteiger partial charge is 0.435 e. The van der Waals surface area contributed by atoms with Crippen LogP contribution in [0.2, 0.25) is 0 Å². The molecule has 0 atom stereocenters. The van der Waals surface area contributed by atoms with Gasteiger partial charge in [-0.25, -0.2) is 0 Å². The maximum absolute atomic E-state index is 12.0. The van der Waals surface area contributed by atoms with Crippen LogP contribution in [0.5, 0.6) is 5.75 Å². The maximum Gasteiger partial charge on any atom is 0.387 e. The van der Waals surface area contributed by atoms with E-state index in [0.29, 0.717) is 13.1 Å². The predicted octanol–water partition coefficient (Wildman–Crippen LogP) is 3.54. The van der Waals surface area contributed by atoms with Gasteiger partial charge in [0.05, 0.1) is 5.69 Å². The second-order valence-corrected chi connectivity index (χ2v) is 4.59. The standard InChI is InChI=1S/C16H18F2N2O/c1-2-13-4-3-9-20-15(13)11-19-10-12-5-7-14(8-6-12)21-16(17)18/h3-9,16,19H,2,10-11H2,1H3. The SMILES string of the molecule is CCc1cccnc1CNCc1ccc(OC(F)F)cc1. The van der Waals surface area contributed by atoms with Gasteiger partial charge in [-0.3, -0.25) is 4.98 Å². The third kappa shape index (κ3) is 4.79. The molecule has 3 nitrogen and oxygen atoms in total. The summed E-state index contributed by atoms with van der Waals surface area (Å²) in [7, 11) is 0. The van der Waals surface area contributed by atoms with Crippen LogP contribution >= 0.6 is 0 Å². The molecule has 2 rings (SSSR count). The number of hydrogen-bond acceptors (Lipinski definition) is 3. The molecular weight excluding hydrogens is 274 g/mol. The lowest BCUT2D eigenvalue weighted by Crippen LogP contribution is -2.15. The summed E-state index contributed by atoms with van der Waals surface area (Å²) in [5.41, 5.74) is 3.27. The molecule has 0 unspecified atom stereocenters. The molecule has 1 heterocycles. The number of alkyl halides is 2. The number of halogens is 2. The van der Waals surface area contributed by atoms with Crippen molar-refractivity contribution >= 4 is 0 Å². The highest BCUT2D eigenvalue weighted by molar-refractivity contribution is 5.27. The topological polar surface area (TPSA) is 34.2 Å². The maximum atomic E-state index is 12.0. The van der Waals surface area contributed by atoms with Gasteiger partial charge in [0.25, 0.3) is 0 Å². The van der Waals surface area contributed by atoms with E-state index in [2.05, 4.69) is 28.0 Å². The number of benzene rings is 1. The van der Waals surface area contributed by atoms with Crippen LogP contribution in [0.4, 0.5) is 8.78 Å². The minimum Gasteiger partial charge on any atom is -0.435 e. The fraction of sp³-hybridized carbons (Fsp3) is 0.312. The van der Waals surface area contributed by atoms with Crippen LogP contribution in [-0.2, 0) is 19.5 Å². The van der Waals surface area contributed by atoms with Gasteiger partial charge >= 0.3 is 6.61 Å². The van der Waals surface area contributed by atoms with Gasteiger partial charge in [-0.15, -0.1) is 0 Å². The van der Waals surface area contributed by atoms with Gasteiger partial charge in [0.15, 0.2) is 0 Å². The van der Waals surface area contributed by atoms with Crippen molar-refractivity contribution < 1.29 is 13.5 Å². The van der Waals surface area contributed by atoms with Crippen molar-refractivity contribution in [2.24, 2.45) is 0 Å². The van der Waals surface area contributed by atoms with Gasteiger partial charge in [0, 0.05) is 19.3 Å². The summed E-state index contributed by atoms with van der Waals surface area (Å²) in [6.45, 7) is 0.640. The molecule has 1 aromatic heterocycles. The first kappa shape index (κ1) is 15.4. The lowest BCUT2D eigenvalue weighted by molar-refractivity contribution is -0.0498. The second-order valence-electron chi connectivity index (χ2n) is 4.59. The summed E-state index contributed by atoms with van der Waals surface area (Å²) in [5.74, 6) is 0.173. The lowest BCUT2D eigenvalue weighted by atomic mass is 10.1. The number of rotatable bonds is 7. The highest BCUT2D eigenvalue weighted by Gasteiger charge is 2.04. The summed E-state index contributed by atoms with van der Waals surface area (Å²) in [5, 5.41) is 3.30. The number of nitrogens with one attached hydrogen (secondary N) is 1. The first-order valence-corrected chi connectivity index (χ1v) is 6.86. The quantitative estimate of drug-likeness (QED) is 0.847. The van der Waals surface area contributed by atoms with Gasteiger partial charge in [0.1, 0.15) is 5.75 Å². The summed E-state index contributed by atoms with van der Waals surface area (Å²) in [6, 6.07) is 10.6. The lowest BCUT2D eigenvalue weighted by Gasteiger charge is -2.09. The van der Waals surface area contributed by atoms with E-state index in [1.165, 1.54) is 5.56 Å². The van der Waals surface area contributed by atoms with Crippen molar-refractivity contribution in [2.75, 3.05) is 0 Å². The smallest absolute Gasteiger partial charge is 0.387 e. The van der Waals surface area contributed by atoms with Crippen molar-refractivity contribution in [3.8, 4) is 5.75 Å². The van der Waals surface area contributed by atoms with Crippen molar-refractivity contribution in [3.63, 3.8) is 0 Å². The zero-order valence-corrected chi connectivity index (χ0v) is 11.9. The van der Waals surface area contributed by atoms with E-state index in [-0.39, 0.29) is 5.75 Å². The molecule has 21 heavy (non-hydrogen) atoms. The molecule has 1 aromatic carbocycles. The minimum atomic E-state index is -2.79. The fourth-order valence-electron chi connectivity index (χ4n) is 2.07. The number of pyridine rings is 1. The molecule has 0 aliphatic heterocycles. The number of nitrogens with zero attached hydrogens (tertiary/aromatic N) is 1. The normalized spacial score (nSPS) is 10.9. The molecule has 0 aliphatic carbocycles. The van der Waals surface area contributed by atoms with E-state index < -0.39 is 6.61 Å². The number of ether oxygens (including phenoxy) is 1. The average molecular weight is 292 g/mol. The molecule has 0 saturated carbocycles. The summed E-state index contributed by atoms with van der Waals surface area (Å²) in [4.78, 5) is 4.36. The Kier molecular flexibility index (Phi) is 5.63.